The van der Waals surface area contributed by atoms with Gasteiger partial charge in [-0.15, -0.1) is 0 Å². The monoisotopic (exact) mass is 360 g/mol. The zero-order chi connectivity index (χ0) is 15.6. The van der Waals surface area contributed by atoms with Crippen LogP contribution < -0.4 is 5.32 Å². The second kappa shape index (κ2) is 6.34. The summed E-state index contributed by atoms with van der Waals surface area (Å²) in [5.41, 5.74) is 0.200. The smallest absolute Gasteiger partial charge is 0.272 e. The Balaban J connectivity index is 2.26. The first kappa shape index (κ1) is 15.6. The number of anilines is 1. The number of halogens is 4. The van der Waals surface area contributed by atoms with E-state index >= 15 is 0 Å². The topological polar surface area (TPSA) is 34.0 Å². The predicted molar refractivity (Wildman–Crippen MR) is 76.7 cm³/mol. The van der Waals surface area contributed by atoms with Gasteiger partial charge in [-0.25, -0.2) is 13.2 Å². The lowest BCUT2D eigenvalue weighted by Crippen LogP contribution is -2.17. The van der Waals surface area contributed by atoms with E-state index in [1.165, 1.54) is 0 Å². The first-order valence-electron chi connectivity index (χ1n) is 6.24. The molecule has 3 nitrogen and oxygen atoms in total. The minimum atomic E-state index is -1.56. The van der Waals surface area contributed by atoms with Gasteiger partial charge in [0.2, 0.25) is 0 Å². The molecule has 0 aliphatic rings. The Morgan fingerprint density at radius 1 is 1.24 bits per heavy atom. The Morgan fingerprint density at radius 2 is 1.86 bits per heavy atom. The number of hydrogen-bond acceptors (Lipinski definition) is 1. The zero-order valence-corrected chi connectivity index (χ0v) is 12.7. The van der Waals surface area contributed by atoms with Crippen molar-refractivity contribution in [2.45, 2.75) is 19.9 Å². The molecule has 0 unspecified atom stereocenters. The highest BCUT2D eigenvalue weighted by Crippen LogP contribution is 2.20. The second-order valence-electron chi connectivity index (χ2n) is 4.44. The highest BCUT2D eigenvalue weighted by molar-refractivity contribution is 9.10. The number of benzene rings is 1. The summed E-state index contributed by atoms with van der Waals surface area (Å²) in [5, 5.41) is 2.35. The molecule has 0 aliphatic heterocycles. The molecule has 1 amide bonds. The number of nitrogens with one attached hydrogen (secondary N) is 1. The molecule has 0 radical (unpaired) electrons. The molecule has 0 saturated carbocycles. The minimum absolute atomic E-state index is 0.142. The van der Waals surface area contributed by atoms with Crippen LogP contribution in [0.25, 0.3) is 0 Å². The van der Waals surface area contributed by atoms with E-state index < -0.39 is 23.4 Å². The third-order valence-corrected chi connectivity index (χ3v) is 3.24. The van der Waals surface area contributed by atoms with Crippen molar-refractivity contribution >= 4 is 27.5 Å². The van der Waals surface area contributed by atoms with Crippen LogP contribution >= 0.6 is 15.9 Å². The molecule has 0 fully saturated rings. The van der Waals surface area contributed by atoms with E-state index in [4.69, 9.17) is 0 Å². The van der Waals surface area contributed by atoms with Crippen LogP contribution in [-0.2, 0) is 6.54 Å². The average Bonchev–Trinajstić information content (AvgIpc) is 2.77. The molecular formula is C14H12BrF3N2O. The fourth-order valence-corrected chi connectivity index (χ4v) is 2.38. The lowest BCUT2D eigenvalue weighted by atomic mass is 10.2. The maximum absolute atomic E-state index is 13.1. The van der Waals surface area contributed by atoms with Crippen LogP contribution in [0.5, 0.6) is 0 Å². The summed E-state index contributed by atoms with van der Waals surface area (Å²) >= 11 is 3.27. The Morgan fingerprint density at radius 3 is 2.43 bits per heavy atom. The Hall–Kier alpha value is -1.76. The van der Waals surface area contributed by atoms with Gasteiger partial charge in [0.25, 0.3) is 5.91 Å². The summed E-state index contributed by atoms with van der Waals surface area (Å²) in [4.78, 5) is 12.1. The molecule has 112 valence electrons. The Labute approximate surface area is 127 Å². The van der Waals surface area contributed by atoms with Crippen molar-refractivity contribution in [2.75, 3.05) is 5.32 Å². The molecule has 0 spiro atoms. The van der Waals surface area contributed by atoms with Crippen molar-refractivity contribution in [1.29, 1.82) is 0 Å². The van der Waals surface area contributed by atoms with Gasteiger partial charge in [0.05, 0.1) is 0 Å². The number of aryl methyl sites for hydroxylation is 1. The standard InChI is InChI=1S/C14H12BrF3N2O/c1-2-3-20-7-8(15)4-12(20)14(21)19-9-5-10(16)13(18)11(17)6-9/h4-7H,2-3H2,1H3,(H,19,21). The molecule has 0 saturated heterocycles. The van der Waals surface area contributed by atoms with Crippen LogP contribution in [-0.4, -0.2) is 10.5 Å². The summed E-state index contributed by atoms with van der Waals surface area (Å²) in [5.74, 6) is -4.80. The van der Waals surface area contributed by atoms with Crippen molar-refractivity contribution in [3.63, 3.8) is 0 Å². The van der Waals surface area contributed by atoms with Crippen LogP contribution in [0.15, 0.2) is 28.9 Å². The van der Waals surface area contributed by atoms with Gasteiger partial charge in [0, 0.05) is 35.0 Å². The molecule has 0 bridgehead atoms. The number of carbonyl (C=O) groups is 1. The van der Waals surface area contributed by atoms with E-state index in [0.29, 0.717) is 12.2 Å². The largest absolute Gasteiger partial charge is 0.342 e. The van der Waals surface area contributed by atoms with Crippen molar-refractivity contribution in [3.8, 4) is 0 Å². The van der Waals surface area contributed by atoms with Gasteiger partial charge in [-0.2, -0.15) is 0 Å². The number of aromatic nitrogens is 1. The van der Waals surface area contributed by atoms with Crippen LogP contribution in [0.1, 0.15) is 23.8 Å². The third kappa shape index (κ3) is 3.47. The minimum Gasteiger partial charge on any atom is -0.342 e. The predicted octanol–water partition coefficient (Wildman–Crippen LogP) is 4.33. The van der Waals surface area contributed by atoms with Gasteiger partial charge in [0.15, 0.2) is 17.5 Å². The van der Waals surface area contributed by atoms with Crippen molar-refractivity contribution in [2.24, 2.45) is 0 Å². The zero-order valence-electron chi connectivity index (χ0n) is 11.1. The van der Waals surface area contributed by atoms with E-state index in [9.17, 15) is 18.0 Å². The molecule has 1 N–H and O–H groups in total. The maximum atomic E-state index is 13.1. The number of rotatable bonds is 4. The van der Waals surface area contributed by atoms with Crippen LogP contribution in [0, 0.1) is 17.5 Å². The van der Waals surface area contributed by atoms with Gasteiger partial charge in [0.1, 0.15) is 5.69 Å². The molecular weight excluding hydrogens is 349 g/mol. The lowest BCUT2D eigenvalue weighted by molar-refractivity contribution is 0.101. The van der Waals surface area contributed by atoms with Crippen molar-refractivity contribution < 1.29 is 18.0 Å². The average molecular weight is 361 g/mol. The van der Waals surface area contributed by atoms with E-state index in [1.807, 2.05) is 6.92 Å². The summed E-state index contributed by atoms with van der Waals surface area (Å²) in [6.07, 6.45) is 2.56. The third-order valence-electron chi connectivity index (χ3n) is 2.80. The molecule has 2 rings (SSSR count). The molecule has 1 aromatic heterocycles. The first-order valence-corrected chi connectivity index (χ1v) is 7.03. The summed E-state index contributed by atoms with van der Waals surface area (Å²) in [6, 6.07) is 3.07. The maximum Gasteiger partial charge on any atom is 0.272 e. The van der Waals surface area contributed by atoms with Crippen LogP contribution in [0.2, 0.25) is 0 Å². The fourth-order valence-electron chi connectivity index (χ4n) is 1.91. The Kier molecular flexibility index (Phi) is 4.72. The van der Waals surface area contributed by atoms with Crippen LogP contribution in [0.4, 0.5) is 18.9 Å². The number of amides is 1. The van der Waals surface area contributed by atoms with Crippen molar-refractivity contribution in [1.82, 2.24) is 4.57 Å². The molecule has 0 atom stereocenters. The summed E-state index contributed by atoms with van der Waals surface area (Å²) in [7, 11) is 0. The summed E-state index contributed by atoms with van der Waals surface area (Å²) < 4.78 is 41.5. The lowest BCUT2D eigenvalue weighted by Gasteiger charge is -2.09. The first-order chi connectivity index (χ1) is 9.92. The Bertz CT molecular complexity index is 662. The molecule has 1 heterocycles. The van der Waals surface area contributed by atoms with Gasteiger partial charge < -0.3 is 9.88 Å². The van der Waals surface area contributed by atoms with Gasteiger partial charge in [-0.3, -0.25) is 4.79 Å². The van der Waals surface area contributed by atoms with E-state index in [-0.39, 0.29) is 5.69 Å². The molecule has 7 heteroatoms. The van der Waals surface area contributed by atoms with Crippen LogP contribution in [0.3, 0.4) is 0 Å². The number of carbonyl (C=O) groups excluding carboxylic acids is 1. The number of hydrogen-bond donors (Lipinski definition) is 1. The quantitative estimate of drug-likeness (QED) is 0.809. The highest BCUT2D eigenvalue weighted by atomic mass is 79.9. The van der Waals surface area contributed by atoms with E-state index in [0.717, 1.165) is 23.0 Å². The fraction of sp³-hybridized carbons (Fsp3) is 0.214. The second-order valence-corrected chi connectivity index (χ2v) is 5.36. The number of nitrogens with zero attached hydrogens (tertiary/aromatic N) is 1. The SMILES string of the molecule is CCCn1cc(Br)cc1C(=O)Nc1cc(F)c(F)c(F)c1. The van der Waals surface area contributed by atoms with Crippen molar-refractivity contribution in [3.05, 3.63) is 52.0 Å². The van der Waals surface area contributed by atoms with Gasteiger partial charge >= 0.3 is 0 Å². The summed E-state index contributed by atoms with van der Waals surface area (Å²) in [6.45, 7) is 2.58. The van der Waals surface area contributed by atoms with E-state index in [2.05, 4.69) is 21.2 Å². The normalized spacial score (nSPS) is 10.7. The molecule has 21 heavy (non-hydrogen) atoms. The molecule has 2 aromatic rings. The highest BCUT2D eigenvalue weighted by Gasteiger charge is 2.16. The van der Waals surface area contributed by atoms with Gasteiger partial charge in [-0.1, -0.05) is 6.92 Å². The molecule has 0 aliphatic carbocycles. The van der Waals surface area contributed by atoms with E-state index in [1.54, 1.807) is 16.8 Å². The molecule has 1 aromatic carbocycles. The van der Waals surface area contributed by atoms with Gasteiger partial charge in [-0.05, 0) is 28.4 Å².